The Morgan fingerprint density at radius 1 is 1.58 bits per heavy atom. The highest BCUT2D eigenvalue weighted by molar-refractivity contribution is 8.13. The third-order valence-electron chi connectivity index (χ3n) is 1.23. The van der Waals surface area contributed by atoms with Gasteiger partial charge in [-0.3, -0.25) is 0 Å². The topological polar surface area (TPSA) is 64.8 Å². The van der Waals surface area contributed by atoms with Crippen LogP contribution in [0.15, 0.2) is 11.5 Å². The van der Waals surface area contributed by atoms with Gasteiger partial charge in [-0.1, -0.05) is 0 Å². The molecule has 0 aliphatic carbocycles. The van der Waals surface area contributed by atoms with E-state index in [0.717, 1.165) is 0 Å². The van der Waals surface area contributed by atoms with E-state index in [4.69, 9.17) is 10.7 Å². The molecule has 0 spiro atoms. The number of hydrogen-bond donors (Lipinski definition) is 0. The van der Waals surface area contributed by atoms with E-state index >= 15 is 0 Å². The van der Waals surface area contributed by atoms with Crippen LogP contribution in [-0.2, 0) is 9.05 Å². The van der Waals surface area contributed by atoms with Gasteiger partial charge in [-0.2, -0.15) is 0 Å². The Morgan fingerprint density at radius 2 is 2.17 bits per heavy atom. The number of nitrogens with zero attached hydrogens (tertiary/aromatic N) is 3. The molecule has 0 aliphatic heterocycles. The quantitative estimate of drug-likeness (QED) is 0.676. The zero-order valence-corrected chi connectivity index (χ0v) is 8.17. The van der Waals surface area contributed by atoms with Gasteiger partial charge in [0.25, 0.3) is 14.2 Å². The van der Waals surface area contributed by atoms with Crippen LogP contribution in [0.25, 0.3) is 0 Å². The molecule has 0 bridgehead atoms. The van der Waals surface area contributed by atoms with Crippen LogP contribution in [0, 0.1) is 0 Å². The molecule has 1 heterocycles. The zero-order chi connectivity index (χ0) is 9.35. The Balaban J connectivity index is 3.09. The molecule has 0 amide bonds. The summed E-state index contributed by atoms with van der Waals surface area (Å²) in [4.78, 5) is 3.54. The highest BCUT2D eigenvalue weighted by atomic mass is 35.7. The van der Waals surface area contributed by atoms with Crippen molar-refractivity contribution in [3.63, 3.8) is 0 Å². The van der Waals surface area contributed by atoms with Crippen molar-refractivity contribution in [2.45, 2.75) is 25.0 Å². The molecule has 0 saturated heterocycles. The zero-order valence-electron chi connectivity index (χ0n) is 6.60. The predicted molar refractivity (Wildman–Crippen MR) is 43.4 cm³/mol. The first-order chi connectivity index (χ1) is 5.41. The maximum absolute atomic E-state index is 10.7. The van der Waals surface area contributed by atoms with Gasteiger partial charge in [-0.25, -0.2) is 18.1 Å². The molecule has 0 fully saturated rings. The number of rotatable bonds is 2. The first kappa shape index (κ1) is 9.47. The molecule has 0 unspecified atom stereocenters. The molecule has 0 aliphatic rings. The molecule has 1 aromatic rings. The van der Waals surface area contributed by atoms with Crippen LogP contribution in [0.3, 0.4) is 0 Å². The molecule has 0 N–H and O–H groups in total. The summed E-state index contributed by atoms with van der Waals surface area (Å²) >= 11 is 0. The van der Waals surface area contributed by atoms with Crippen molar-refractivity contribution in [2.75, 3.05) is 0 Å². The van der Waals surface area contributed by atoms with Crippen LogP contribution >= 0.6 is 10.7 Å². The van der Waals surface area contributed by atoms with Crippen molar-refractivity contribution < 1.29 is 8.42 Å². The first-order valence-corrected chi connectivity index (χ1v) is 5.58. The largest absolute Gasteiger partial charge is 0.298 e. The van der Waals surface area contributed by atoms with Crippen molar-refractivity contribution >= 4 is 19.7 Å². The summed E-state index contributed by atoms with van der Waals surface area (Å²) in [7, 11) is 1.22. The van der Waals surface area contributed by atoms with Gasteiger partial charge >= 0.3 is 0 Å². The number of aromatic nitrogens is 3. The van der Waals surface area contributed by atoms with Crippen molar-refractivity contribution in [1.29, 1.82) is 0 Å². The van der Waals surface area contributed by atoms with Gasteiger partial charge in [0.1, 0.15) is 6.33 Å². The molecule has 0 saturated carbocycles. The molecular weight excluding hydrogens is 202 g/mol. The van der Waals surface area contributed by atoms with Crippen LogP contribution in [0.2, 0.25) is 0 Å². The fraction of sp³-hybridized carbons (Fsp3) is 0.600. The maximum atomic E-state index is 10.7. The normalized spacial score (nSPS) is 12.3. The Bertz CT molecular complexity index is 370. The monoisotopic (exact) mass is 209 g/mol. The second kappa shape index (κ2) is 3.02. The van der Waals surface area contributed by atoms with Gasteiger partial charge in [0.2, 0.25) is 0 Å². The molecule has 0 atom stereocenters. The Hall–Kier alpha value is -0.620. The summed E-state index contributed by atoms with van der Waals surface area (Å²) in [6, 6.07) is 0.0738. The first-order valence-electron chi connectivity index (χ1n) is 3.27. The third kappa shape index (κ3) is 1.95. The summed E-state index contributed by atoms with van der Waals surface area (Å²) < 4.78 is 22.8. The van der Waals surface area contributed by atoms with E-state index < -0.39 is 9.05 Å². The molecule has 12 heavy (non-hydrogen) atoms. The van der Waals surface area contributed by atoms with Gasteiger partial charge in [0.05, 0.1) is 0 Å². The molecule has 5 nitrogen and oxygen atoms in total. The van der Waals surface area contributed by atoms with E-state index in [9.17, 15) is 8.42 Å². The molecule has 0 radical (unpaired) electrons. The molecule has 7 heteroatoms. The van der Waals surface area contributed by atoms with E-state index in [0.29, 0.717) is 0 Å². The van der Waals surface area contributed by atoms with Crippen molar-refractivity contribution in [2.24, 2.45) is 0 Å². The lowest BCUT2D eigenvalue weighted by atomic mass is 10.4. The smallest absolute Gasteiger partial charge is 0.249 e. The van der Waals surface area contributed by atoms with Crippen molar-refractivity contribution in [3.05, 3.63) is 6.33 Å². The third-order valence-corrected chi connectivity index (χ3v) is 2.27. The fourth-order valence-corrected chi connectivity index (χ4v) is 1.20. The molecule has 1 rings (SSSR count). The van der Waals surface area contributed by atoms with Crippen LogP contribution in [-0.4, -0.2) is 23.2 Å². The van der Waals surface area contributed by atoms with Gasteiger partial charge in [-0.05, 0) is 13.8 Å². The van der Waals surface area contributed by atoms with Gasteiger partial charge in [0, 0.05) is 16.7 Å². The van der Waals surface area contributed by atoms with Crippen LogP contribution in [0.5, 0.6) is 0 Å². The summed E-state index contributed by atoms with van der Waals surface area (Å²) in [6.45, 7) is 3.72. The lowest BCUT2D eigenvalue weighted by molar-refractivity contribution is 0.517. The number of hydrogen-bond acceptors (Lipinski definition) is 4. The standard InChI is InChI=1S/C5H8ClN3O2S/c1-4(2)9-3-7-5(8-9)12(6,10)11/h3-4H,1-2H3. The summed E-state index contributed by atoms with van der Waals surface area (Å²) in [5.41, 5.74) is 0. The fourth-order valence-electron chi connectivity index (χ4n) is 0.619. The molecule has 0 aromatic carbocycles. The van der Waals surface area contributed by atoms with Gasteiger partial charge < -0.3 is 0 Å². The van der Waals surface area contributed by atoms with Crippen LogP contribution in [0.1, 0.15) is 19.9 Å². The molecule has 68 valence electrons. The molecular formula is C5H8ClN3O2S. The molecule has 1 aromatic heterocycles. The average molecular weight is 210 g/mol. The highest BCUT2D eigenvalue weighted by Crippen LogP contribution is 2.09. The van der Waals surface area contributed by atoms with E-state index in [1.54, 1.807) is 0 Å². The summed E-state index contributed by atoms with van der Waals surface area (Å²) in [5, 5.41) is 3.32. The summed E-state index contributed by atoms with van der Waals surface area (Å²) in [5.74, 6) is 0. The van der Waals surface area contributed by atoms with E-state index in [2.05, 4.69) is 10.1 Å². The Morgan fingerprint density at radius 3 is 2.42 bits per heavy atom. The second-order valence-corrected chi connectivity index (χ2v) is 5.00. The SMILES string of the molecule is CC(C)n1cnc(S(=O)(=O)Cl)n1. The van der Waals surface area contributed by atoms with E-state index in [1.807, 2.05) is 13.8 Å². The minimum absolute atomic E-state index is 0.0738. The minimum atomic E-state index is -3.79. The average Bonchev–Trinajstić information content (AvgIpc) is 2.30. The van der Waals surface area contributed by atoms with Crippen LogP contribution in [0.4, 0.5) is 0 Å². The van der Waals surface area contributed by atoms with E-state index in [-0.39, 0.29) is 11.2 Å². The predicted octanol–water partition coefficient (Wildman–Crippen LogP) is 0.786. The lowest BCUT2D eigenvalue weighted by Gasteiger charge is -2.00. The van der Waals surface area contributed by atoms with Gasteiger partial charge in [-0.15, -0.1) is 5.10 Å². The number of halogens is 1. The minimum Gasteiger partial charge on any atom is -0.249 e. The lowest BCUT2D eigenvalue weighted by Crippen LogP contribution is -2.02. The van der Waals surface area contributed by atoms with Crippen molar-refractivity contribution in [3.8, 4) is 0 Å². The maximum Gasteiger partial charge on any atom is 0.298 e. The van der Waals surface area contributed by atoms with Gasteiger partial charge in [0.15, 0.2) is 0 Å². The summed E-state index contributed by atoms with van der Waals surface area (Å²) in [6.07, 6.45) is 1.33. The van der Waals surface area contributed by atoms with Crippen LogP contribution < -0.4 is 0 Å². The Kier molecular flexibility index (Phi) is 2.39. The highest BCUT2D eigenvalue weighted by Gasteiger charge is 2.16. The Labute approximate surface area is 74.8 Å². The second-order valence-electron chi connectivity index (χ2n) is 2.54. The van der Waals surface area contributed by atoms with Crippen molar-refractivity contribution in [1.82, 2.24) is 14.8 Å². The van der Waals surface area contributed by atoms with E-state index in [1.165, 1.54) is 11.0 Å².